The van der Waals surface area contributed by atoms with Crippen LogP contribution in [-0.4, -0.2) is 32.2 Å². The second-order valence-electron chi connectivity index (χ2n) is 5.56. The van der Waals surface area contributed by atoms with Crippen molar-refractivity contribution in [1.29, 1.82) is 0 Å². The maximum Gasteiger partial charge on any atom is 0.251 e. The van der Waals surface area contributed by atoms with Crippen LogP contribution in [0.5, 0.6) is 0 Å². The SMILES string of the molecule is O=C(NCCC1CCNC1)c1ccc2c(c1)NCNC2. The van der Waals surface area contributed by atoms with E-state index < -0.39 is 0 Å². The van der Waals surface area contributed by atoms with Crippen molar-refractivity contribution in [2.45, 2.75) is 19.4 Å². The second kappa shape index (κ2) is 6.24. The molecule has 4 N–H and O–H groups in total. The molecule has 0 aliphatic carbocycles. The van der Waals surface area contributed by atoms with Crippen molar-refractivity contribution in [3.63, 3.8) is 0 Å². The Hall–Kier alpha value is -1.59. The van der Waals surface area contributed by atoms with Crippen molar-refractivity contribution in [2.75, 3.05) is 31.6 Å². The fourth-order valence-electron chi connectivity index (χ4n) is 2.84. The summed E-state index contributed by atoms with van der Waals surface area (Å²) in [7, 11) is 0. The molecule has 0 spiro atoms. The number of nitrogens with one attached hydrogen (secondary N) is 4. The van der Waals surface area contributed by atoms with Gasteiger partial charge in [0.1, 0.15) is 0 Å². The number of fused-ring (bicyclic) bond motifs is 1. The van der Waals surface area contributed by atoms with Crippen molar-refractivity contribution in [3.8, 4) is 0 Å². The van der Waals surface area contributed by atoms with Crippen molar-refractivity contribution < 1.29 is 4.79 Å². The van der Waals surface area contributed by atoms with Gasteiger partial charge in [0.25, 0.3) is 5.91 Å². The van der Waals surface area contributed by atoms with E-state index in [0.717, 1.165) is 50.5 Å². The van der Waals surface area contributed by atoms with Crippen LogP contribution >= 0.6 is 0 Å². The zero-order valence-electron chi connectivity index (χ0n) is 11.7. The molecule has 1 atom stereocenters. The lowest BCUT2D eigenvalue weighted by Crippen LogP contribution is -2.29. The van der Waals surface area contributed by atoms with Crippen molar-refractivity contribution in [1.82, 2.24) is 16.0 Å². The number of rotatable bonds is 4. The van der Waals surface area contributed by atoms with Gasteiger partial charge in [-0.15, -0.1) is 0 Å². The average Bonchev–Trinajstić information content (AvgIpc) is 3.00. The zero-order valence-corrected chi connectivity index (χ0v) is 11.7. The molecular formula is C15H22N4O. The van der Waals surface area contributed by atoms with Gasteiger partial charge in [-0.05, 0) is 49.5 Å². The lowest BCUT2D eigenvalue weighted by molar-refractivity contribution is 0.0951. The number of carbonyl (C=O) groups is 1. The lowest BCUT2D eigenvalue weighted by atomic mass is 10.0. The van der Waals surface area contributed by atoms with Crippen LogP contribution in [0.1, 0.15) is 28.8 Å². The first kappa shape index (κ1) is 13.4. The number of amides is 1. The van der Waals surface area contributed by atoms with E-state index in [2.05, 4.69) is 21.3 Å². The van der Waals surface area contributed by atoms with Crippen LogP contribution in [0.4, 0.5) is 5.69 Å². The summed E-state index contributed by atoms with van der Waals surface area (Å²) >= 11 is 0. The molecule has 108 valence electrons. The highest BCUT2D eigenvalue weighted by molar-refractivity contribution is 5.95. The standard InChI is InChI=1S/C15H22N4O/c20-15(18-6-4-11-3-5-16-8-11)12-1-2-13-9-17-10-19-14(13)7-12/h1-2,7,11,16-17,19H,3-6,8-10H2,(H,18,20). The molecule has 5 nitrogen and oxygen atoms in total. The molecule has 1 aromatic rings. The second-order valence-corrected chi connectivity index (χ2v) is 5.56. The highest BCUT2D eigenvalue weighted by Crippen LogP contribution is 2.20. The summed E-state index contributed by atoms with van der Waals surface area (Å²) in [5.41, 5.74) is 3.02. The van der Waals surface area contributed by atoms with E-state index in [1.54, 1.807) is 0 Å². The maximum absolute atomic E-state index is 12.1. The Bertz CT molecular complexity index is 483. The van der Waals surface area contributed by atoms with Crippen LogP contribution in [-0.2, 0) is 6.54 Å². The third-order valence-electron chi connectivity index (χ3n) is 4.09. The molecule has 20 heavy (non-hydrogen) atoms. The molecule has 1 unspecified atom stereocenters. The first-order valence-electron chi connectivity index (χ1n) is 7.39. The number of hydrogen-bond donors (Lipinski definition) is 4. The molecule has 2 heterocycles. The molecule has 0 radical (unpaired) electrons. The molecule has 5 heteroatoms. The molecular weight excluding hydrogens is 252 g/mol. The largest absolute Gasteiger partial charge is 0.372 e. The van der Waals surface area contributed by atoms with Crippen molar-refractivity contribution >= 4 is 11.6 Å². The third-order valence-corrected chi connectivity index (χ3v) is 4.09. The van der Waals surface area contributed by atoms with Gasteiger partial charge in [0.2, 0.25) is 0 Å². The van der Waals surface area contributed by atoms with Crippen LogP contribution in [0.2, 0.25) is 0 Å². The van der Waals surface area contributed by atoms with E-state index in [1.165, 1.54) is 12.0 Å². The summed E-state index contributed by atoms with van der Waals surface area (Å²) in [5, 5.41) is 12.9. The van der Waals surface area contributed by atoms with Gasteiger partial charge in [0.05, 0.1) is 6.67 Å². The van der Waals surface area contributed by atoms with E-state index in [1.807, 2.05) is 18.2 Å². The Balaban J connectivity index is 1.53. The summed E-state index contributed by atoms with van der Waals surface area (Å²) < 4.78 is 0. The fraction of sp³-hybridized carbons (Fsp3) is 0.533. The van der Waals surface area contributed by atoms with E-state index in [-0.39, 0.29) is 5.91 Å². The lowest BCUT2D eigenvalue weighted by Gasteiger charge is -2.19. The van der Waals surface area contributed by atoms with E-state index in [9.17, 15) is 4.79 Å². The van der Waals surface area contributed by atoms with Crippen LogP contribution in [0.3, 0.4) is 0 Å². The summed E-state index contributed by atoms with van der Waals surface area (Å²) in [6.07, 6.45) is 2.29. The molecule has 0 saturated carbocycles. The molecule has 0 bridgehead atoms. The summed E-state index contributed by atoms with van der Waals surface area (Å²) in [5.74, 6) is 0.741. The quantitative estimate of drug-likeness (QED) is 0.658. The normalized spacial score (nSPS) is 21.1. The Morgan fingerprint density at radius 2 is 2.30 bits per heavy atom. The number of anilines is 1. The van der Waals surface area contributed by atoms with Gasteiger partial charge in [-0.1, -0.05) is 6.07 Å². The van der Waals surface area contributed by atoms with E-state index in [0.29, 0.717) is 5.92 Å². The van der Waals surface area contributed by atoms with Gasteiger partial charge in [0, 0.05) is 24.3 Å². The number of benzene rings is 1. The van der Waals surface area contributed by atoms with E-state index in [4.69, 9.17) is 0 Å². The van der Waals surface area contributed by atoms with Gasteiger partial charge >= 0.3 is 0 Å². The predicted molar refractivity (Wildman–Crippen MR) is 79.7 cm³/mol. The predicted octanol–water partition coefficient (Wildman–Crippen LogP) is 0.889. The smallest absolute Gasteiger partial charge is 0.251 e. The summed E-state index contributed by atoms with van der Waals surface area (Å²) in [6.45, 7) is 4.58. The Kier molecular flexibility index (Phi) is 4.18. The summed E-state index contributed by atoms with van der Waals surface area (Å²) in [6, 6.07) is 5.87. The van der Waals surface area contributed by atoms with Crippen LogP contribution in [0.15, 0.2) is 18.2 Å². The molecule has 1 fully saturated rings. The van der Waals surface area contributed by atoms with Crippen LogP contribution in [0.25, 0.3) is 0 Å². The average molecular weight is 274 g/mol. The van der Waals surface area contributed by atoms with Crippen LogP contribution in [0, 0.1) is 5.92 Å². The van der Waals surface area contributed by atoms with Gasteiger partial charge in [-0.2, -0.15) is 0 Å². The fourth-order valence-corrected chi connectivity index (χ4v) is 2.84. The molecule has 1 amide bonds. The Morgan fingerprint density at radius 3 is 3.15 bits per heavy atom. The topological polar surface area (TPSA) is 65.2 Å². The summed E-state index contributed by atoms with van der Waals surface area (Å²) in [4.78, 5) is 12.1. The van der Waals surface area contributed by atoms with Gasteiger partial charge in [-0.3, -0.25) is 10.1 Å². The maximum atomic E-state index is 12.1. The molecule has 1 aromatic carbocycles. The molecule has 2 aliphatic heterocycles. The molecule has 1 saturated heterocycles. The molecule has 2 aliphatic rings. The highest BCUT2D eigenvalue weighted by Gasteiger charge is 2.15. The minimum Gasteiger partial charge on any atom is -0.372 e. The number of carbonyl (C=O) groups excluding carboxylic acids is 1. The minimum absolute atomic E-state index is 0.0269. The van der Waals surface area contributed by atoms with Crippen LogP contribution < -0.4 is 21.3 Å². The van der Waals surface area contributed by atoms with Gasteiger partial charge < -0.3 is 16.0 Å². The third kappa shape index (κ3) is 3.11. The van der Waals surface area contributed by atoms with E-state index >= 15 is 0 Å². The van der Waals surface area contributed by atoms with Crippen molar-refractivity contribution in [2.24, 2.45) is 5.92 Å². The Morgan fingerprint density at radius 1 is 1.35 bits per heavy atom. The molecule has 0 aromatic heterocycles. The first-order valence-corrected chi connectivity index (χ1v) is 7.39. The monoisotopic (exact) mass is 274 g/mol. The highest BCUT2D eigenvalue weighted by atomic mass is 16.1. The van der Waals surface area contributed by atoms with Gasteiger partial charge in [-0.25, -0.2) is 0 Å². The number of hydrogen-bond acceptors (Lipinski definition) is 4. The van der Waals surface area contributed by atoms with Gasteiger partial charge in [0.15, 0.2) is 0 Å². The first-order chi connectivity index (χ1) is 9.83. The minimum atomic E-state index is 0.0269. The zero-order chi connectivity index (χ0) is 13.8. The van der Waals surface area contributed by atoms with Crippen molar-refractivity contribution in [3.05, 3.63) is 29.3 Å². The molecule has 3 rings (SSSR count). The Labute approximate surface area is 119 Å².